The quantitative estimate of drug-likeness (QED) is 0.365. The second-order valence-corrected chi connectivity index (χ2v) is 7.43. The third kappa shape index (κ3) is 8.30. The topological polar surface area (TPSA) is 42.4 Å². The van der Waals surface area contributed by atoms with Crippen molar-refractivity contribution in [1.29, 1.82) is 0 Å². The highest BCUT2D eigenvalue weighted by Gasteiger charge is 2.05. The fraction of sp³-hybridized carbons (Fsp3) is 0.625. The molecule has 0 saturated heterocycles. The normalized spacial score (nSPS) is 11.2. The molecule has 150 valence electrons. The van der Waals surface area contributed by atoms with E-state index in [2.05, 4.69) is 18.2 Å². The summed E-state index contributed by atoms with van der Waals surface area (Å²) < 4.78 is 5.72. The zero-order valence-corrected chi connectivity index (χ0v) is 17.1. The summed E-state index contributed by atoms with van der Waals surface area (Å²) in [6.45, 7) is 3.04. The Morgan fingerprint density at radius 3 is 2.04 bits per heavy atom. The number of unbranched alkanes of at least 4 members (excludes halogenated alkanes) is 10. The number of nitrogens with zero attached hydrogens (tertiary/aromatic N) is 1. The van der Waals surface area contributed by atoms with Crippen molar-refractivity contribution < 1.29 is 9.84 Å². The van der Waals surface area contributed by atoms with E-state index in [1.165, 1.54) is 69.9 Å². The van der Waals surface area contributed by atoms with E-state index in [1.54, 1.807) is 0 Å². The minimum Gasteiger partial charge on any atom is -0.492 e. The van der Waals surface area contributed by atoms with Crippen LogP contribution < -0.4 is 4.74 Å². The van der Waals surface area contributed by atoms with Gasteiger partial charge in [-0.25, -0.2) is 4.98 Å². The monoisotopic (exact) mass is 371 g/mol. The van der Waals surface area contributed by atoms with Crippen LogP contribution in [0.3, 0.4) is 0 Å². The van der Waals surface area contributed by atoms with Crippen LogP contribution in [0.4, 0.5) is 0 Å². The van der Waals surface area contributed by atoms with E-state index in [0.29, 0.717) is 13.2 Å². The second-order valence-electron chi connectivity index (χ2n) is 7.43. The van der Waals surface area contributed by atoms with Crippen LogP contribution in [0.25, 0.3) is 10.9 Å². The first-order valence-corrected chi connectivity index (χ1v) is 11.0. The number of rotatable bonds is 15. The van der Waals surface area contributed by atoms with Gasteiger partial charge in [-0.1, -0.05) is 76.0 Å². The summed E-state index contributed by atoms with van der Waals surface area (Å²) >= 11 is 0. The van der Waals surface area contributed by atoms with Gasteiger partial charge in [0, 0.05) is 17.7 Å². The number of fused-ring (bicyclic) bond motifs is 1. The predicted octanol–water partition coefficient (Wildman–Crippen LogP) is 6.46. The number of para-hydroxylation sites is 1. The molecule has 0 bridgehead atoms. The van der Waals surface area contributed by atoms with Crippen molar-refractivity contribution in [2.45, 2.75) is 84.0 Å². The lowest BCUT2D eigenvalue weighted by Gasteiger charge is -2.08. The summed E-state index contributed by atoms with van der Waals surface area (Å²) in [5.41, 5.74) is 2.17. The maximum absolute atomic E-state index is 8.75. The molecule has 2 rings (SSSR count). The van der Waals surface area contributed by atoms with Gasteiger partial charge in [-0.3, -0.25) is 0 Å². The Morgan fingerprint density at radius 1 is 0.778 bits per heavy atom. The number of pyridine rings is 1. The molecule has 0 aliphatic rings. The summed E-state index contributed by atoms with van der Waals surface area (Å²) in [4.78, 5) is 4.84. The fourth-order valence-corrected chi connectivity index (χ4v) is 3.58. The van der Waals surface area contributed by atoms with Gasteiger partial charge in [-0.15, -0.1) is 0 Å². The molecule has 0 aliphatic heterocycles. The first kappa shape index (κ1) is 21.7. The standard InChI is InChI=1S/C24H37NO2/c1-2-27-23-17-14-15-21-18-19-22(25-24(21)23)16-12-10-8-6-4-3-5-7-9-11-13-20-26/h14-15,17-19,26H,2-13,16,20H2,1H3. The van der Waals surface area contributed by atoms with E-state index >= 15 is 0 Å². The molecule has 1 N–H and O–H groups in total. The predicted molar refractivity (Wildman–Crippen MR) is 114 cm³/mol. The highest BCUT2D eigenvalue weighted by molar-refractivity contribution is 5.84. The van der Waals surface area contributed by atoms with Gasteiger partial charge in [0.2, 0.25) is 0 Å². The van der Waals surface area contributed by atoms with Crippen molar-refractivity contribution in [3.8, 4) is 5.75 Å². The van der Waals surface area contributed by atoms with Crippen molar-refractivity contribution in [2.24, 2.45) is 0 Å². The molecule has 0 unspecified atom stereocenters. The lowest BCUT2D eigenvalue weighted by atomic mass is 10.0. The van der Waals surface area contributed by atoms with Gasteiger partial charge in [-0.05, 0) is 38.3 Å². The Balaban J connectivity index is 1.58. The van der Waals surface area contributed by atoms with Crippen molar-refractivity contribution >= 4 is 10.9 Å². The van der Waals surface area contributed by atoms with Crippen LogP contribution in [0.1, 0.15) is 83.2 Å². The van der Waals surface area contributed by atoms with Crippen LogP contribution in [0.15, 0.2) is 30.3 Å². The number of aromatic nitrogens is 1. The third-order valence-electron chi connectivity index (χ3n) is 5.13. The third-order valence-corrected chi connectivity index (χ3v) is 5.13. The molecule has 0 aliphatic carbocycles. The largest absolute Gasteiger partial charge is 0.492 e. The zero-order chi connectivity index (χ0) is 19.2. The lowest BCUT2D eigenvalue weighted by Crippen LogP contribution is -1.96. The SMILES string of the molecule is CCOc1cccc2ccc(CCCCCCCCCCCCCO)nc12. The highest BCUT2D eigenvalue weighted by atomic mass is 16.5. The fourth-order valence-electron chi connectivity index (χ4n) is 3.58. The number of aliphatic hydroxyl groups excluding tert-OH is 1. The van der Waals surface area contributed by atoms with Crippen LogP contribution in [0, 0.1) is 0 Å². The maximum atomic E-state index is 8.75. The molecule has 1 heterocycles. The van der Waals surface area contributed by atoms with E-state index in [0.717, 1.165) is 29.5 Å². The van der Waals surface area contributed by atoms with Gasteiger partial charge < -0.3 is 9.84 Å². The van der Waals surface area contributed by atoms with Crippen LogP contribution in [0.2, 0.25) is 0 Å². The Hall–Kier alpha value is -1.61. The van der Waals surface area contributed by atoms with E-state index in [1.807, 2.05) is 19.1 Å². The first-order valence-electron chi connectivity index (χ1n) is 11.0. The molecule has 1 aromatic carbocycles. The summed E-state index contributed by atoms with van der Waals surface area (Å²) in [6, 6.07) is 10.5. The van der Waals surface area contributed by atoms with Gasteiger partial charge in [-0.2, -0.15) is 0 Å². The van der Waals surface area contributed by atoms with Crippen molar-refractivity contribution in [2.75, 3.05) is 13.2 Å². The van der Waals surface area contributed by atoms with E-state index < -0.39 is 0 Å². The Kier molecular flexibility index (Phi) is 10.9. The smallest absolute Gasteiger partial charge is 0.145 e. The molecule has 3 nitrogen and oxygen atoms in total. The molecule has 3 heteroatoms. The number of aryl methyl sites for hydroxylation is 1. The lowest BCUT2D eigenvalue weighted by molar-refractivity contribution is 0.282. The summed E-state index contributed by atoms with van der Waals surface area (Å²) in [7, 11) is 0. The van der Waals surface area contributed by atoms with Gasteiger partial charge >= 0.3 is 0 Å². The molecule has 1 aromatic heterocycles. The molecule has 0 fully saturated rings. The number of aliphatic hydroxyl groups is 1. The molecule has 0 amide bonds. The minimum absolute atomic E-state index is 0.350. The Morgan fingerprint density at radius 2 is 1.41 bits per heavy atom. The summed E-state index contributed by atoms with van der Waals surface area (Å²) in [5.74, 6) is 0.896. The minimum atomic E-state index is 0.350. The molecular formula is C24H37NO2. The van der Waals surface area contributed by atoms with Crippen LogP contribution >= 0.6 is 0 Å². The summed E-state index contributed by atoms with van der Waals surface area (Å²) in [5, 5.41) is 9.91. The van der Waals surface area contributed by atoms with E-state index in [4.69, 9.17) is 14.8 Å². The van der Waals surface area contributed by atoms with E-state index in [-0.39, 0.29) is 0 Å². The molecular weight excluding hydrogens is 334 g/mol. The van der Waals surface area contributed by atoms with Gasteiger partial charge in [0.1, 0.15) is 11.3 Å². The van der Waals surface area contributed by atoms with Crippen LogP contribution in [0.5, 0.6) is 5.75 Å². The van der Waals surface area contributed by atoms with E-state index in [9.17, 15) is 0 Å². The number of ether oxygens (including phenoxy) is 1. The average Bonchev–Trinajstić information content (AvgIpc) is 2.69. The van der Waals surface area contributed by atoms with Crippen molar-refractivity contribution in [1.82, 2.24) is 4.98 Å². The summed E-state index contributed by atoms with van der Waals surface area (Å²) in [6.07, 6.45) is 15.1. The number of hydrogen-bond donors (Lipinski definition) is 1. The first-order chi connectivity index (χ1) is 13.3. The van der Waals surface area contributed by atoms with Crippen molar-refractivity contribution in [3.63, 3.8) is 0 Å². The molecule has 0 radical (unpaired) electrons. The highest BCUT2D eigenvalue weighted by Crippen LogP contribution is 2.24. The number of benzene rings is 1. The Labute approximate surface area is 165 Å². The van der Waals surface area contributed by atoms with Gasteiger partial charge in [0.05, 0.1) is 6.61 Å². The molecule has 27 heavy (non-hydrogen) atoms. The Bertz CT molecular complexity index is 641. The second kappa shape index (κ2) is 13.5. The zero-order valence-electron chi connectivity index (χ0n) is 17.1. The average molecular weight is 372 g/mol. The molecule has 2 aromatic rings. The molecule has 0 spiro atoms. The van der Waals surface area contributed by atoms with Gasteiger partial charge in [0.15, 0.2) is 0 Å². The molecule has 0 atom stereocenters. The van der Waals surface area contributed by atoms with Crippen LogP contribution in [-0.4, -0.2) is 23.3 Å². The molecule has 0 saturated carbocycles. The maximum Gasteiger partial charge on any atom is 0.145 e. The van der Waals surface area contributed by atoms with Crippen LogP contribution in [-0.2, 0) is 6.42 Å². The van der Waals surface area contributed by atoms with Gasteiger partial charge in [0.25, 0.3) is 0 Å². The van der Waals surface area contributed by atoms with Crippen molar-refractivity contribution in [3.05, 3.63) is 36.0 Å². The number of hydrogen-bond acceptors (Lipinski definition) is 3.